The number of aliphatic carboxylic acids is 1. The van der Waals surface area contributed by atoms with E-state index in [1.54, 1.807) is 53.0 Å². The van der Waals surface area contributed by atoms with Gasteiger partial charge in [0.05, 0.1) is 35.9 Å². The van der Waals surface area contributed by atoms with E-state index in [4.69, 9.17) is 35.8 Å². The fourth-order valence-corrected chi connectivity index (χ4v) is 6.74. The van der Waals surface area contributed by atoms with Crippen molar-refractivity contribution < 1.29 is 116 Å². The number of imide groups is 3. The standard InChI is InChI=1S/C6H7NO2.C6H6O2.C5H7NO2.C5H6NO2.C5H6O4.2C5H4O3.C4H6N2O2.C4H5NO2S.C4H5NO.C3H5N3.C3H4N2O3.2C3H3NO2.C2H4N4.7C2H6/c1-3-5(8)4(2)7-6(3)9;7-5-3-1-2-4-6(5)8;1-3-2-4(7)6-5(3)8;7-5-3-1-2-4-6(5)8;1-3(6)2-4(7)5(8)9;6-4-1-2-8-3-5(4)7;1-2-3(6)5(8)4(2)7;1-6-2-3(7)5-4(6)8;1-2-3(6)5-4(7)8-2;6-4-2-1-3-5-4;1-3-4-2-5-6-3;1-5-2(6)4-3(7)8-5;5-3-1-2-6-4-3;5-3-1-2-4-6-3;1-2-3-5-6-4-2;7*1-2/h8H,2H2,1H3,(H,7,9);1,3-4,8H,2H2;3H,2H2,1H3,(H,6,7,8);1,3-4,8H,2H2;2,7H,1H3,(H,8,9);1-3,7H;6H,1H3;2H2,1H3,(H,5,7,8);2H,1H3,(H,5,6,7);1-2H,3H2,(H,5,6);2H,1H3,(H,4,5,6);1H3,(H,4,6,7);1-2H,(H,4,5);1-2,4H;1H3,(H,3,4,5,6);7*1-2H3/q;;;+1;;;;;;;;;;;;;;;;;;/b;;;;4-2-;;;;;;;;;;;;;;;;;. The van der Waals surface area contributed by atoms with Crippen molar-refractivity contribution >= 4 is 88.1 Å². The molecule has 700 valence electrons. The van der Waals surface area contributed by atoms with Gasteiger partial charge in [-0.15, -0.1) is 10.2 Å². The maximum atomic E-state index is 10.6. The zero-order chi connectivity index (χ0) is 99.3. The number of thioether (sulfide) groups is 1. The number of amides is 10. The molecule has 0 radical (unpaired) electrons. The summed E-state index contributed by atoms with van der Waals surface area (Å²) >= 11 is 1.03. The van der Waals surface area contributed by atoms with Gasteiger partial charge in [-0.05, 0) is 60.1 Å². The topological polar surface area (TPSA) is 733 Å². The molecule has 126 heavy (non-hydrogen) atoms. The van der Waals surface area contributed by atoms with Gasteiger partial charge < -0.3 is 64.2 Å². The van der Waals surface area contributed by atoms with Crippen molar-refractivity contribution in [3.8, 4) is 11.5 Å². The van der Waals surface area contributed by atoms with Crippen molar-refractivity contribution in [3.05, 3.63) is 223 Å². The summed E-state index contributed by atoms with van der Waals surface area (Å²) in [5.41, 5.74) is -2.02. The Morgan fingerprint density at radius 3 is 1.47 bits per heavy atom. The van der Waals surface area contributed by atoms with Crippen LogP contribution in [0.2, 0.25) is 0 Å². The Bertz CT molecular complexity index is 4700. The van der Waals surface area contributed by atoms with Gasteiger partial charge in [-0.2, -0.15) is 20.2 Å². The van der Waals surface area contributed by atoms with Gasteiger partial charge in [-0.1, -0.05) is 146 Å². The number of aliphatic hydroxyl groups is 3. The number of hydrogen-bond donors (Lipinski definition) is 17. The van der Waals surface area contributed by atoms with Crippen LogP contribution in [0, 0.1) is 26.7 Å². The highest BCUT2D eigenvalue weighted by Crippen LogP contribution is 2.17. The number of likely N-dealkylation sites (N-methyl/N-ethyl adjacent to an activating group) is 1. The third-order valence-electron chi connectivity index (χ3n) is 11.8. The maximum Gasteiger partial charge on any atom is 0.458 e. The van der Waals surface area contributed by atoms with E-state index in [1.807, 2.05) is 109 Å². The number of carboxylic acid groups (broad SMARTS) is 1. The minimum Gasteiger partial charge on any atom is -0.505 e. The zero-order valence-electron chi connectivity index (χ0n) is 74.2. The largest absolute Gasteiger partial charge is 0.505 e. The van der Waals surface area contributed by atoms with Crippen LogP contribution in [-0.4, -0.2) is 203 Å². The molecule has 3 fully saturated rings. The van der Waals surface area contributed by atoms with Gasteiger partial charge in [-0.3, -0.25) is 88.6 Å². The molecular formula is C77H117N18O30S+. The van der Waals surface area contributed by atoms with Crippen LogP contribution in [-0.2, 0) is 55.0 Å². The predicted molar refractivity (Wildman–Crippen MR) is 461 cm³/mol. The number of hydrogen-bond acceptors (Lipinski definition) is 35. The number of rotatable bonds is 2. The van der Waals surface area contributed by atoms with Crippen LogP contribution in [0.3, 0.4) is 0 Å². The average Bonchev–Trinajstić information content (AvgIpc) is 1.26. The van der Waals surface area contributed by atoms with Gasteiger partial charge in [0.25, 0.3) is 22.1 Å². The zero-order valence-corrected chi connectivity index (χ0v) is 75.0. The number of aromatic amines is 5. The molecular weight excluding hydrogens is 1690 g/mol. The Morgan fingerprint density at radius 1 is 0.706 bits per heavy atom. The van der Waals surface area contributed by atoms with Crippen LogP contribution < -0.4 is 65.5 Å². The van der Waals surface area contributed by atoms with Crippen LogP contribution in [0.15, 0.2) is 185 Å². The molecule has 0 saturated carbocycles. The Balaban J connectivity index is -0.000000196. The summed E-state index contributed by atoms with van der Waals surface area (Å²) in [5, 5.41) is 93.6. The van der Waals surface area contributed by atoms with Crippen molar-refractivity contribution in [2.75, 3.05) is 20.1 Å². The monoisotopic (exact) mass is 1810 g/mol. The molecule has 7 aromatic rings. The Kier molecular flexibility index (Phi) is 78.4. The first-order valence-electron chi connectivity index (χ1n) is 37.8. The number of carboxylic acids is 1. The molecule has 7 aliphatic rings. The van der Waals surface area contributed by atoms with Crippen LogP contribution in [0.1, 0.15) is 161 Å². The number of carbonyl (C=O) groups excluding carboxylic acids is 11. The minimum absolute atomic E-state index is 0.0231. The van der Waals surface area contributed by atoms with Gasteiger partial charge in [0.1, 0.15) is 37.0 Å². The Morgan fingerprint density at radius 2 is 1.30 bits per heavy atom. The van der Waals surface area contributed by atoms with E-state index in [0.717, 1.165) is 41.6 Å². The lowest BCUT2D eigenvalue weighted by Crippen LogP contribution is -2.32. The summed E-state index contributed by atoms with van der Waals surface area (Å²) in [6.45, 7) is 43.5. The van der Waals surface area contributed by atoms with E-state index in [-0.39, 0.29) is 122 Å². The number of urea groups is 1. The summed E-state index contributed by atoms with van der Waals surface area (Å²) in [6, 6.07) is 3.45. The summed E-state index contributed by atoms with van der Waals surface area (Å²) in [5.74, 6) is -4.72. The second kappa shape index (κ2) is 78.2. The van der Waals surface area contributed by atoms with Gasteiger partial charge in [-0.25, -0.2) is 43.9 Å². The molecule has 0 bridgehead atoms. The number of aliphatic hydroxyl groups excluding tert-OH is 3. The Hall–Kier alpha value is -15.4. The second-order valence-electron chi connectivity index (χ2n) is 20.9. The van der Waals surface area contributed by atoms with Gasteiger partial charge in [0.15, 0.2) is 28.9 Å². The molecule has 6 aromatic heterocycles. The van der Waals surface area contributed by atoms with Crippen LogP contribution >= 0.6 is 11.8 Å². The van der Waals surface area contributed by atoms with Crippen molar-refractivity contribution in [3.63, 3.8) is 0 Å². The van der Waals surface area contributed by atoms with Crippen LogP contribution in [0.25, 0.3) is 0 Å². The van der Waals surface area contributed by atoms with E-state index in [1.165, 1.54) is 86.6 Å². The number of nitrogens with one attached hydrogen (secondary N) is 10. The third-order valence-corrected chi connectivity index (χ3v) is 12.7. The maximum absolute atomic E-state index is 10.6. The van der Waals surface area contributed by atoms with E-state index in [9.17, 15) is 91.1 Å². The highest BCUT2D eigenvalue weighted by molar-refractivity contribution is 8.15. The quantitative estimate of drug-likeness (QED) is 0.0151. The molecule has 14 rings (SSSR count). The SMILES string of the molecule is C=C1NC(=O)C(C)=C1O.CC.CC.CC.CC.CC.CC.CC.CC(=O)/C=C(\O)C(=O)O.CC1CC(=O)NC1=O.CC1SC(=O)NC1=O.CN1CC(=O)NC1=O.Cc1c(O)c(=O)c1=O.Cc1ncn[nH]1.Cc1nn[nH]n1.Cn1oc(=O)[nH]c1=O.O=C1C=CCC=C1O.O=C1C=CCC=[N+]1O.O=C1C=CCN1.O=c1cc[nH]o1.O=c1cco[nH]1.O=c1ccocc1O. The van der Waals surface area contributed by atoms with Gasteiger partial charge in [0.2, 0.25) is 58.2 Å². The summed E-state index contributed by atoms with van der Waals surface area (Å²) < 4.78 is 18.5. The highest BCUT2D eigenvalue weighted by atomic mass is 32.2. The number of allylic oxidation sites excluding steroid dienone is 5. The van der Waals surface area contributed by atoms with Crippen molar-refractivity contribution in [1.82, 2.24) is 87.3 Å². The lowest BCUT2D eigenvalue weighted by molar-refractivity contribution is -0.700. The van der Waals surface area contributed by atoms with Gasteiger partial charge >= 0.3 is 35.0 Å². The molecule has 2 atom stereocenters. The number of ketones is 2. The fourth-order valence-electron chi connectivity index (χ4n) is 6.09. The van der Waals surface area contributed by atoms with Crippen LogP contribution in [0.4, 0.5) is 9.59 Å². The normalized spacial score (nSPS) is 14.0. The second-order valence-corrected chi connectivity index (χ2v) is 22.2. The molecule has 10 amide bonds. The predicted octanol–water partition coefficient (Wildman–Crippen LogP) is 5.38. The summed E-state index contributed by atoms with van der Waals surface area (Å²) in [7, 11) is 2.92. The van der Waals surface area contributed by atoms with Crippen LogP contribution in [0.5, 0.6) is 11.5 Å². The lowest BCUT2D eigenvalue weighted by Gasteiger charge is -1.99. The number of nitrogens with zero attached hydrogens (tertiary/aromatic N) is 8. The molecule has 6 aliphatic heterocycles. The minimum atomic E-state index is -1.50. The first-order chi connectivity index (χ1) is 59.5. The molecule has 17 N–H and O–H groups in total. The number of aromatic hydroxyl groups is 2. The fraction of sp³-hybridized carbons (Fsp3) is 0.390. The molecule has 1 aromatic carbocycles. The number of carbonyl (C=O) groups is 12. The molecule has 49 heteroatoms. The van der Waals surface area contributed by atoms with E-state index < -0.39 is 45.2 Å². The third kappa shape index (κ3) is 63.6. The van der Waals surface area contributed by atoms with Crippen molar-refractivity contribution in [1.29, 1.82) is 0 Å². The number of hydroxylamine groups is 1. The van der Waals surface area contributed by atoms with Gasteiger partial charge in [0, 0.05) is 79.2 Å². The van der Waals surface area contributed by atoms with E-state index in [2.05, 4.69) is 97.3 Å². The highest BCUT2D eigenvalue weighted by Gasteiger charge is 2.27. The lowest BCUT2D eigenvalue weighted by atomic mass is 10.1. The summed E-state index contributed by atoms with van der Waals surface area (Å²) in [6.07, 6.45) is 21.0. The first kappa shape index (κ1) is 126. The molecule has 48 nitrogen and oxygen atoms in total. The first-order valence-corrected chi connectivity index (χ1v) is 38.7. The molecule has 1 aliphatic carbocycles. The average molecular weight is 1810 g/mol. The smallest absolute Gasteiger partial charge is 0.458 e. The number of aryl methyl sites for hydroxylation is 3. The molecule has 12 heterocycles. The molecule has 2 unspecified atom stereocenters. The van der Waals surface area contributed by atoms with E-state index in [0.29, 0.717) is 48.0 Å². The van der Waals surface area contributed by atoms with Crippen molar-refractivity contribution in [2.24, 2.45) is 13.0 Å². The number of aromatic nitrogens is 11. The number of H-pyrrole nitrogens is 5. The molecule has 0 spiro atoms. The number of tetrazole rings is 1. The van der Waals surface area contributed by atoms with E-state index >= 15 is 0 Å². The molecule has 3 saturated heterocycles. The van der Waals surface area contributed by atoms with Crippen molar-refractivity contribution in [2.45, 2.75) is 170 Å². The Labute approximate surface area is 726 Å². The summed E-state index contributed by atoms with van der Waals surface area (Å²) in [4.78, 5) is 201.